The van der Waals surface area contributed by atoms with Crippen molar-refractivity contribution >= 4 is 5.78 Å². The van der Waals surface area contributed by atoms with Gasteiger partial charge in [0.15, 0.2) is 0 Å². The van der Waals surface area contributed by atoms with Crippen LogP contribution in [-0.4, -0.2) is 5.78 Å². The molecule has 158 valence electrons. The molecule has 0 heterocycles. The lowest BCUT2D eigenvalue weighted by Crippen LogP contribution is -2.46. The quantitative estimate of drug-likeness (QED) is 0.450. The average Bonchev–Trinajstić information content (AvgIpc) is 3.14. The summed E-state index contributed by atoms with van der Waals surface area (Å²) in [6, 6.07) is 0. The van der Waals surface area contributed by atoms with Crippen molar-refractivity contribution in [2.24, 2.45) is 52.3 Å². The first-order valence-electron chi connectivity index (χ1n) is 12.4. The van der Waals surface area contributed by atoms with Gasteiger partial charge in [0.05, 0.1) is 0 Å². The molecule has 4 aliphatic carbocycles. The van der Waals surface area contributed by atoms with E-state index in [1.165, 1.54) is 44.9 Å². The van der Waals surface area contributed by atoms with E-state index in [0.717, 1.165) is 42.4 Å². The van der Waals surface area contributed by atoms with Gasteiger partial charge in [0.2, 0.25) is 0 Å². The second-order valence-electron chi connectivity index (χ2n) is 12.2. The second-order valence-corrected chi connectivity index (χ2v) is 12.2. The Bertz CT molecular complexity index is 645. The van der Waals surface area contributed by atoms with E-state index in [9.17, 15) is 4.79 Å². The summed E-state index contributed by atoms with van der Waals surface area (Å²) in [4.78, 5) is 12.3. The van der Waals surface area contributed by atoms with Crippen LogP contribution in [0.25, 0.3) is 0 Å². The van der Waals surface area contributed by atoms with Gasteiger partial charge in [-0.1, -0.05) is 66.0 Å². The number of allylic oxidation sites excluding steroid dienone is 2. The van der Waals surface area contributed by atoms with Gasteiger partial charge in [0.1, 0.15) is 5.78 Å². The van der Waals surface area contributed by atoms with E-state index in [2.05, 4.69) is 47.6 Å². The lowest BCUT2D eigenvalue weighted by Gasteiger charge is -2.54. The van der Waals surface area contributed by atoms with Crippen molar-refractivity contribution in [1.82, 2.24) is 0 Å². The van der Waals surface area contributed by atoms with Gasteiger partial charge in [-0.3, -0.25) is 4.79 Å². The largest absolute Gasteiger partial charge is 0.300 e. The molecule has 0 radical (unpaired) electrons. The highest BCUT2D eigenvalue weighted by molar-refractivity contribution is 5.82. The van der Waals surface area contributed by atoms with Crippen molar-refractivity contribution in [3.8, 4) is 0 Å². The minimum absolute atomic E-state index is 0.277. The fraction of sp³-hybridized carbons (Fsp3) is 0.889. The molecule has 0 amide bonds. The standard InChI is InChI=1S/C27H44O/c1-17(2)18(3)7-8-19(4)23-11-12-24-22-10-9-20-15-21(28)16-27(20,6)25(22)13-14-26(23,24)5/h10,17-20,23-25H,7-9,11-16H2,1-6H3/t18-,19+,20-,23-,24+,25-,26-,27-/m0/s1. The van der Waals surface area contributed by atoms with Crippen LogP contribution in [0.1, 0.15) is 99.3 Å². The molecule has 3 fully saturated rings. The summed E-state index contributed by atoms with van der Waals surface area (Å²) in [6.45, 7) is 14.9. The van der Waals surface area contributed by atoms with E-state index in [1.54, 1.807) is 5.57 Å². The highest BCUT2D eigenvalue weighted by Crippen LogP contribution is 2.67. The van der Waals surface area contributed by atoms with Crippen LogP contribution in [0.5, 0.6) is 0 Å². The summed E-state index contributed by atoms with van der Waals surface area (Å²) in [5.41, 5.74) is 2.58. The number of hydrogen-bond acceptors (Lipinski definition) is 1. The summed E-state index contributed by atoms with van der Waals surface area (Å²) < 4.78 is 0. The SMILES string of the molecule is CC(C)[C@@H](C)CC[C@@H](C)[C@@H]1CC[C@@H]2C3=CC[C@H]4CC(=O)C[C@]4(C)[C@H]3CC[C@]21C. The maximum absolute atomic E-state index is 12.3. The van der Waals surface area contributed by atoms with E-state index >= 15 is 0 Å². The fourth-order valence-corrected chi connectivity index (χ4v) is 8.21. The summed E-state index contributed by atoms with van der Waals surface area (Å²) in [5.74, 6) is 6.08. The van der Waals surface area contributed by atoms with Gasteiger partial charge in [-0.15, -0.1) is 0 Å². The van der Waals surface area contributed by atoms with E-state index in [-0.39, 0.29) is 5.41 Å². The zero-order valence-corrected chi connectivity index (χ0v) is 19.4. The number of carbonyl (C=O) groups excluding carboxylic acids is 1. The van der Waals surface area contributed by atoms with E-state index in [0.29, 0.717) is 23.0 Å². The number of ketones is 1. The van der Waals surface area contributed by atoms with Gasteiger partial charge in [0.25, 0.3) is 0 Å². The average molecular weight is 385 g/mol. The van der Waals surface area contributed by atoms with E-state index in [4.69, 9.17) is 0 Å². The topological polar surface area (TPSA) is 17.1 Å². The van der Waals surface area contributed by atoms with Gasteiger partial charge < -0.3 is 0 Å². The Hall–Kier alpha value is -0.590. The van der Waals surface area contributed by atoms with Crippen LogP contribution in [0.4, 0.5) is 0 Å². The van der Waals surface area contributed by atoms with Crippen LogP contribution in [0.2, 0.25) is 0 Å². The molecule has 3 saturated carbocycles. The monoisotopic (exact) mass is 384 g/mol. The number of carbonyl (C=O) groups is 1. The normalized spacial score (nSPS) is 44.7. The maximum Gasteiger partial charge on any atom is 0.133 e. The molecule has 0 aliphatic heterocycles. The number of Topliss-reactive ketones (excluding diaryl/α,β-unsaturated/α-hetero) is 1. The minimum Gasteiger partial charge on any atom is -0.300 e. The molecule has 0 spiro atoms. The number of hydrogen-bond donors (Lipinski definition) is 0. The Balaban J connectivity index is 1.50. The zero-order valence-electron chi connectivity index (χ0n) is 19.4. The van der Waals surface area contributed by atoms with Gasteiger partial charge in [-0.05, 0) is 84.4 Å². The molecular formula is C27H44O. The highest BCUT2D eigenvalue weighted by Gasteiger charge is 2.59. The first-order chi connectivity index (χ1) is 13.2. The molecule has 0 unspecified atom stereocenters. The Morgan fingerprint density at radius 3 is 2.43 bits per heavy atom. The van der Waals surface area contributed by atoms with Crippen LogP contribution in [0.3, 0.4) is 0 Å². The van der Waals surface area contributed by atoms with Crippen LogP contribution in [0.15, 0.2) is 11.6 Å². The summed E-state index contributed by atoms with van der Waals surface area (Å²) in [5, 5.41) is 0. The van der Waals surface area contributed by atoms with Gasteiger partial charge in [0, 0.05) is 12.8 Å². The summed E-state index contributed by atoms with van der Waals surface area (Å²) in [6.07, 6.45) is 13.9. The van der Waals surface area contributed by atoms with Crippen molar-refractivity contribution in [3.05, 3.63) is 11.6 Å². The zero-order chi connectivity index (χ0) is 20.3. The molecule has 4 rings (SSSR count). The Kier molecular flexibility index (Phi) is 5.37. The molecule has 0 aromatic heterocycles. The maximum atomic E-state index is 12.3. The summed E-state index contributed by atoms with van der Waals surface area (Å²) in [7, 11) is 0. The Morgan fingerprint density at radius 2 is 1.71 bits per heavy atom. The van der Waals surface area contributed by atoms with Crippen LogP contribution >= 0.6 is 0 Å². The van der Waals surface area contributed by atoms with E-state index in [1.807, 2.05) is 0 Å². The van der Waals surface area contributed by atoms with Crippen LogP contribution in [-0.2, 0) is 4.79 Å². The Morgan fingerprint density at radius 1 is 1.00 bits per heavy atom. The molecule has 0 N–H and O–H groups in total. The van der Waals surface area contributed by atoms with Crippen molar-refractivity contribution < 1.29 is 4.79 Å². The fourth-order valence-electron chi connectivity index (χ4n) is 8.21. The van der Waals surface area contributed by atoms with Gasteiger partial charge >= 0.3 is 0 Å². The molecule has 0 aromatic rings. The van der Waals surface area contributed by atoms with Crippen LogP contribution < -0.4 is 0 Å². The molecular weight excluding hydrogens is 340 g/mol. The van der Waals surface area contributed by atoms with Gasteiger partial charge in [-0.2, -0.15) is 0 Å². The third kappa shape index (κ3) is 3.14. The van der Waals surface area contributed by atoms with E-state index < -0.39 is 0 Å². The first kappa shape index (κ1) is 20.7. The van der Waals surface area contributed by atoms with Crippen molar-refractivity contribution in [2.45, 2.75) is 99.3 Å². The molecule has 8 atom stereocenters. The number of fused-ring (bicyclic) bond motifs is 5. The predicted octanol–water partition coefficient (Wildman–Crippen LogP) is 7.45. The lowest BCUT2D eigenvalue weighted by atomic mass is 9.50. The number of rotatable bonds is 5. The molecule has 0 bridgehead atoms. The first-order valence-corrected chi connectivity index (χ1v) is 12.4. The lowest BCUT2D eigenvalue weighted by molar-refractivity contribution is -0.118. The Labute approximate surface area is 174 Å². The van der Waals surface area contributed by atoms with Crippen molar-refractivity contribution in [1.29, 1.82) is 0 Å². The highest BCUT2D eigenvalue weighted by atomic mass is 16.1. The van der Waals surface area contributed by atoms with Crippen molar-refractivity contribution in [3.63, 3.8) is 0 Å². The second kappa shape index (κ2) is 7.28. The van der Waals surface area contributed by atoms with Crippen molar-refractivity contribution in [2.75, 3.05) is 0 Å². The summed E-state index contributed by atoms with van der Waals surface area (Å²) >= 11 is 0. The minimum atomic E-state index is 0.277. The predicted molar refractivity (Wildman–Crippen MR) is 118 cm³/mol. The smallest absolute Gasteiger partial charge is 0.133 e. The molecule has 1 heteroatoms. The third-order valence-electron chi connectivity index (χ3n) is 10.5. The third-order valence-corrected chi connectivity index (χ3v) is 10.5. The molecule has 1 nitrogen and oxygen atoms in total. The molecule has 0 aromatic carbocycles. The van der Waals surface area contributed by atoms with Gasteiger partial charge in [-0.25, -0.2) is 0 Å². The molecule has 28 heavy (non-hydrogen) atoms. The van der Waals surface area contributed by atoms with Crippen LogP contribution in [0, 0.1) is 52.3 Å². The molecule has 0 saturated heterocycles. The molecule has 4 aliphatic rings.